The van der Waals surface area contributed by atoms with Crippen LogP contribution in [0.2, 0.25) is 0 Å². The third kappa shape index (κ3) is 2.95. The summed E-state index contributed by atoms with van der Waals surface area (Å²) in [4.78, 5) is 14.5. The molecule has 1 fully saturated rings. The minimum atomic E-state index is 0.223. The van der Waals surface area contributed by atoms with Gasteiger partial charge < -0.3 is 15.4 Å². The van der Waals surface area contributed by atoms with E-state index >= 15 is 0 Å². The second-order valence-electron chi connectivity index (χ2n) is 4.46. The Morgan fingerprint density at radius 3 is 2.88 bits per heavy atom. The third-order valence-corrected chi connectivity index (χ3v) is 2.76. The lowest BCUT2D eigenvalue weighted by molar-refractivity contribution is 0.292. The number of nitrogens with two attached hydrogens (primary N) is 1. The van der Waals surface area contributed by atoms with Gasteiger partial charge in [0.1, 0.15) is 0 Å². The molecule has 1 aliphatic rings. The Balaban J connectivity index is 2.13. The Hall–Kier alpha value is -1.59. The molecule has 2 rings (SSSR count). The summed E-state index contributed by atoms with van der Waals surface area (Å²) in [5.41, 5.74) is 5.66. The van der Waals surface area contributed by atoms with Crippen LogP contribution in [0.4, 0.5) is 11.9 Å². The Morgan fingerprint density at radius 1 is 1.41 bits per heavy atom. The number of nitrogen functional groups attached to an aromatic ring is 1. The second-order valence-corrected chi connectivity index (χ2v) is 4.46. The zero-order chi connectivity index (χ0) is 12.3. The third-order valence-electron chi connectivity index (χ3n) is 2.76. The summed E-state index contributed by atoms with van der Waals surface area (Å²) >= 11 is 0. The number of rotatable bonds is 4. The van der Waals surface area contributed by atoms with Crippen LogP contribution in [-0.4, -0.2) is 34.6 Å². The highest BCUT2D eigenvalue weighted by Gasteiger charge is 2.22. The monoisotopic (exact) mass is 237 g/mol. The molecule has 0 saturated carbocycles. The molecular formula is C11H19N5O. The minimum Gasteiger partial charge on any atom is -0.463 e. The van der Waals surface area contributed by atoms with Gasteiger partial charge in [0.25, 0.3) is 0 Å². The molecule has 0 spiro atoms. The maximum atomic E-state index is 5.66. The van der Waals surface area contributed by atoms with Crippen molar-refractivity contribution >= 4 is 11.9 Å². The predicted octanol–water partition coefficient (Wildman–Crippen LogP) is 1.09. The van der Waals surface area contributed by atoms with Crippen LogP contribution in [0.25, 0.3) is 0 Å². The molecule has 1 aromatic rings. The average Bonchev–Trinajstić information content (AvgIpc) is 2.72. The van der Waals surface area contributed by atoms with Gasteiger partial charge in [-0.05, 0) is 18.8 Å². The van der Waals surface area contributed by atoms with Gasteiger partial charge in [0.2, 0.25) is 11.9 Å². The molecule has 0 aliphatic carbocycles. The topological polar surface area (TPSA) is 77.2 Å². The first-order valence-electron chi connectivity index (χ1n) is 6.08. The quantitative estimate of drug-likeness (QED) is 0.844. The lowest BCUT2D eigenvalue weighted by atomic mass is 10.2. The molecule has 0 aromatic carbocycles. The largest absolute Gasteiger partial charge is 0.463 e. The van der Waals surface area contributed by atoms with Gasteiger partial charge in [0.05, 0.1) is 6.61 Å². The Morgan fingerprint density at radius 2 is 2.24 bits per heavy atom. The van der Waals surface area contributed by atoms with E-state index in [2.05, 4.69) is 26.8 Å². The van der Waals surface area contributed by atoms with Crippen molar-refractivity contribution in [2.45, 2.75) is 26.7 Å². The first-order chi connectivity index (χ1) is 8.19. The first kappa shape index (κ1) is 11.9. The van der Waals surface area contributed by atoms with Crippen LogP contribution >= 0.6 is 0 Å². The van der Waals surface area contributed by atoms with Gasteiger partial charge in [-0.15, -0.1) is 0 Å². The van der Waals surface area contributed by atoms with E-state index in [1.165, 1.54) is 0 Å². The number of hydrogen-bond acceptors (Lipinski definition) is 6. The summed E-state index contributed by atoms with van der Waals surface area (Å²) < 4.78 is 5.39. The zero-order valence-corrected chi connectivity index (χ0v) is 10.4. The van der Waals surface area contributed by atoms with Crippen molar-refractivity contribution in [3.05, 3.63) is 0 Å². The predicted molar refractivity (Wildman–Crippen MR) is 66.0 cm³/mol. The number of anilines is 2. The van der Waals surface area contributed by atoms with Gasteiger partial charge >= 0.3 is 6.01 Å². The van der Waals surface area contributed by atoms with Crippen LogP contribution in [0.5, 0.6) is 6.01 Å². The van der Waals surface area contributed by atoms with Gasteiger partial charge in [0.15, 0.2) is 0 Å². The highest BCUT2D eigenvalue weighted by Crippen LogP contribution is 2.21. The highest BCUT2D eigenvalue weighted by molar-refractivity contribution is 5.37. The minimum absolute atomic E-state index is 0.223. The van der Waals surface area contributed by atoms with Crippen LogP contribution in [0.15, 0.2) is 0 Å². The smallest absolute Gasteiger partial charge is 0.323 e. The van der Waals surface area contributed by atoms with Gasteiger partial charge in [-0.3, -0.25) is 0 Å². The Labute approximate surface area is 101 Å². The molecule has 2 N–H and O–H groups in total. The van der Waals surface area contributed by atoms with Crippen molar-refractivity contribution in [1.29, 1.82) is 0 Å². The van der Waals surface area contributed by atoms with Crippen LogP contribution in [-0.2, 0) is 0 Å². The average molecular weight is 237 g/mol. The maximum Gasteiger partial charge on any atom is 0.323 e. The van der Waals surface area contributed by atoms with E-state index in [9.17, 15) is 0 Å². The summed E-state index contributed by atoms with van der Waals surface area (Å²) in [7, 11) is 0. The van der Waals surface area contributed by atoms with Gasteiger partial charge in [-0.1, -0.05) is 13.8 Å². The van der Waals surface area contributed by atoms with Crippen molar-refractivity contribution in [3.8, 4) is 6.01 Å². The summed E-state index contributed by atoms with van der Waals surface area (Å²) in [5, 5.41) is 0. The van der Waals surface area contributed by atoms with Crippen LogP contribution < -0.4 is 15.4 Å². The fourth-order valence-corrected chi connectivity index (χ4v) is 1.88. The summed E-state index contributed by atoms with van der Waals surface area (Å²) in [6, 6.07) is 0.328. The standard InChI is InChI=1S/C11H19N5O/c1-3-6-17-11-14-9(12)13-10(15-11)16-5-4-8(2)7-16/h8H,3-7H2,1-2H3,(H2,12,13,14,15). The Kier molecular flexibility index (Phi) is 3.61. The molecule has 1 aromatic heterocycles. The van der Waals surface area contributed by atoms with Crippen molar-refractivity contribution in [3.63, 3.8) is 0 Å². The fraction of sp³-hybridized carbons (Fsp3) is 0.727. The number of aromatic nitrogens is 3. The molecule has 6 nitrogen and oxygen atoms in total. The van der Waals surface area contributed by atoms with E-state index in [4.69, 9.17) is 10.5 Å². The van der Waals surface area contributed by atoms with E-state index in [0.717, 1.165) is 25.9 Å². The number of ether oxygens (including phenoxy) is 1. The normalized spacial score (nSPS) is 19.6. The van der Waals surface area contributed by atoms with Crippen molar-refractivity contribution in [2.24, 2.45) is 5.92 Å². The van der Waals surface area contributed by atoms with Crippen molar-refractivity contribution in [1.82, 2.24) is 15.0 Å². The summed E-state index contributed by atoms with van der Waals surface area (Å²) in [6.45, 7) is 6.79. The van der Waals surface area contributed by atoms with Crippen LogP contribution in [0.3, 0.4) is 0 Å². The van der Waals surface area contributed by atoms with Crippen LogP contribution in [0, 0.1) is 5.92 Å². The Bertz CT molecular complexity index is 384. The van der Waals surface area contributed by atoms with E-state index in [1.54, 1.807) is 0 Å². The molecule has 1 atom stereocenters. The maximum absolute atomic E-state index is 5.66. The van der Waals surface area contributed by atoms with Gasteiger partial charge in [-0.25, -0.2) is 0 Å². The van der Waals surface area contributed by atoms with Crippen molar-refractivity contribution in [2.75, 3.05) is 30.3 Å². The summed E-state index contributed by atoms with van der Waals surface area (Å²) in [5.74, 6) is 1.53. The summed E-state index contributed by atoms with van der Waals surface area (Å²) in [6.07, 6.45) is 2.08. The van der Waals surface area contributed by atoms with E-state index < -0.39 is 0 Å². The van der Waals surface area contributed by atoms with E-state index in [1.807, 2.05) is 6.92 Å². The molecule has 2 heterocycles. The number of hydrogen-bond donors (Lipinski definition) is 1. The second kappa shape index (κ2) is 5.16. The molecule has 6 heteroatoms. The molecular weight excluding hydrogens is 218 g/mol. The molecule has 0 bridgehead atoms. The molecule has 94 valence electrons. The molecule has 1 aliphatic heterocycles. The molecule has 0 radical (unpaired) electrons. The lowest BCUT2D eigenvalue weighted by Gasteiger charge is -2.16. The zero-order valence-electron chi connectivity index (χ0n) is 10.4. The van der Waals surface area contributed by atoms with E-state index in [-0.39, 0.29) is 5.95 Å². The van der Waals surface area contributed by atoms with Crippen molar-refractivity contribution < 1.29 is 4.74 Å². The SMILES string of the molecule is CCCOc1nc(N)nc(N2CCC(C)C2)n1. The lowest BCUT2D eigenvalue weighted by Crippen LogP contribution is -2.22. The van der Waals surface area contributed by atoms with Crippen LogP contribution in [0.1, 0.15) is 26.7 Å². The molecule has 17 heavy (non-hydrogen) atoms. The first-order valence-corrected chi connectivity index (χ1v) is 6.08. The molecule has 0 amide bonds. The number of nitrogens with zero attached hydrogens (tertiary/aromatic N) is 4. The molecule has 1 unspecified atom stereocenters. The molecule has 1 saturated heterocycles. The van der Waals surface area contributed by atoms with Gasteiger partial charge in [0, 0.05) is 13.1 Å². The van der Waals surface area contributed by atoms with E-state index in [0.29, 0.717) is 24.5 Å². The highest BCUT2D eigenvalue weighted by atomic mass is 16.5. The van der Waals surface area contributed by atoms with Gasteiger partial charge in [-0.2, -0.15) is 15.0 Å². The fourth-order valence-electron chi connectivity index (χ4n) is 1.88.